The zero-order valence-corrected chi connectivity index (χ0v) is 12.6. The number of nitrogens with one attached hydrogen (secondary N) is 1. The Hall–Kier alpha value is -1.69. The Morgan fingerprint density at radius 2 is 2.30 bits per heavy atom. The number of nitrogens with zero attached hydrogens (tertiary/aromatic N) is 2. The highest BCUT2D eigenvalue weighted by Gasteiger charge is 2.17. The molecular weight excluding hydrogens is 274 g/mol. The summed E-state index contributed by atoms with van der Waals surface area (Å²) in [4.78, 5) is 11.8. The fourth-order valence-corrected chi connectivity index (χ4v) is 2.93. The van der Waals surface area contributed by atoms with Crippen molar-refractivity contribution in [1.29, 1.82) is 0 Å². The molecule has 2 heterocycles. The molecule has 2 aromatic heterocycles. The number of furan rings is 1. The number of hydrogen-bond acceptors (Lipinski definition) is 5. The molecule has 0 spiro atoms. The van der Waals surface area contributed by atoms with Gasteiger partial charge in [-0.05, 0) is 25.0 Å². The molecule has 1 amide bonds. The van der Waals surface area contributed by atoms with E-state index in [1.807, 2.05) is 0 Å². The molecule has 0 saturated heterocycles. The van der Waals surface area contributed by atoms with Crippen molar-refractivity contribution in [2.75, 3.05) is 5.32 Å². The molecule has 1 atom stereocenters. The van der Waals surface area contributed by atoms with Gasteiger partial charge >= 0.3 is 0 Å². The maximum absolute atomic E-state index is 11.8. The smallest absolute Gasteiger partial charge is 0.293 e. The van der Waals surface area contributed by atoms with Crippen molar-refractivity contribution in [3.8, 4) is 0 Å². The molecule has 0 unspecified atom stereocenters. The number of anilines is 1. The molecule has 1 N–H and O–H groups in total. The molecule has 0 fully saturated rings. The monoisotopic (exact) mass is 293 g/mol. The van der Waals surface area contributed by atoms with Gasteiger partial charge in [0, 0.05) is 5.92 Å². The number of hydrogen-bond donors (Lipinski definition) is 1. The van der Waals surface area contributed by atoms with Gasteiger partial charge in [0.1, 0.15) is 5.01 Å². The van der Waals surface area contributed by atoms with E-state index < -0.39 is 0 Å². The minimum atomic E-state index is -0.292. The molecule has 0 aliphatic rings. The fourth-order valence-electron chi connectivity index (χ4n) is 1.97. The second-order valence-electron chi connectivity index (χ2n) is 4.62. The summed E-state index contributed by atoms with van der Waals surface area (Å²) in [5, 5.41) is 12.5. The van der Waals surface area contributed by atoms with E-state index in [1.165, 1.54) is 30.4 Å². The lowest BCUT2D eigenvalue weighted by Crippen LogP contribution is -2.10. The minimum Gasteiger partial charge on any atom is -0.459 e. The Labute approximate surface area is 122 Å². The zero-order valence-electron chi connectivity index (χ0n) is 11.8. The molecule has 0 aromatic carbocycles. The molecule has 0 aliphatic carbocycles. The third-order valence-electron chi connectivity index (χ3n) is 3.15. The molecule has 0 bridgehead atoms. The van der Waals surface area contributed by atoms with Gasteiger partial charge in [0.25, 0.3) is 5.91 Å². The highest BCUT2D eigenvalue weighted by Crippen LogP contribution is 2.29. The summed E-state index contributed by atoms with van der Waals surface area (Å²) in [6.45, 7) is 4.34. The molecular formula is C14H19N3O2S. The van der Waals surface area contributed by atoms with Crippen molar-refractivity contribution < 1.29 is 9.21 Å². The molecule has 108 valence electrons. The summed E-state index contributed by atoms with van der Waals surface area (Å²) in [6, 6.07) is 3.30. The second kappa shape index (κ2) is 7.19. The number of carbonyl (C=O) groups is 1. The normalized spacial score (nSPS) is 12.3. The van der Waals surface area contributed by atoms with E-state index in [2.05, 4.69) is 29.4 Å². The van der Waals surface area contributed by atoms with Crippen LogP contribution in [0.1, 0.15) is 61.0 Å². The second-order valence-corrected chi connectivity index (χ2v) is 5.63. The lowest BCUT2D eigenvalue weighted by atomic mass is 10.0. The molecule has 2 aromatic rings. The topological polar surface area (TPSA) is 68.0 Å². The number of carbonyl (C=O) groups excluding carboxylic acids is 1. The number of aromatic nitrogens is 2. The van der Waals surface area contributed by atoms with Crippen molar-refractivity contribution in [2.24, 2.45) is 0 Å². The predicted octanol–water partition coefficient (Wildman–Crippen LogP) is 4.07. The van der Waals surface area contributed by atoms with E-state index in [9.17, 15) is 4.79 Å². The molecule has 6 heteroatoms. The standard InChI is InChI=1S/C14H19N3O2S/c1-3-5-7-10(4-2)13-16-17-14(20-13)15-12(18)11-8-6-9-19-11/h6,8-10H,3-5,7H2,1-2H3,(H,15,17,18)/t10-/m1/s1. The van der Waals surface area contributed by atoms with Crippen LogP contribution in [0.15, 0.2) is 22.8 Å². The van der Waals surface area contributed by atoms with Gasteiger partial charge in [-0.1, -0.05) is 38.0 Å². The molecule has 0 aliphatic heterocycles. The van der Waals surface area contributed by atoms with E-state index >= 15 is 0 Å². The number of amides is 1. The van der Waals surface area contributed by atoms with Crippen molar-refractivity contribution in [1.82, 2.24) is 10.2 Å². The summed E-state index contributed by atoms with van der Waals surface area (Å²) in [7, 11) is 0. The highest BCUT2D eigenvalue weighted by atomic mass is 32.1. The van der Waals surface area contributed by atoms with Gasteiger partial charge in [-0.3, -0.25) is 10.1 Å². The van der Waals surface area contributed by atoms with Gasteiger partial charge in [0.15, 0.2) is 5.76 Å². The van der Waals surface area contributed by atoms with Crippen molar-refractivity contribution in [3.05, 3.63) is 29.2 Å². The van der Waals surface area contributed by atoms with Crippen LogP contribution >= 0.6 is 11.3 Å². The van der Waals surface area contributed by atoms with Crippen LogP contribution in [0.2, 0.25) is 0 Å². The Morgan fingerprint density at radius 1 is 1.45 bits per heavy atom. The summed E-state index contributed by atoms with van der Waals surface area (Å²) in [5.74, 6) is 0.417. The largest absolute Gasteiger partial charge is 0.459 e. The Kier molecular flexibility index (Phi) is 5.29. The van der Waals surface area contributed by atoms with Crippen LogP contribution in [0.4, 0.5) is 5.13 Å². The first-order valence-electron chi connectivity index (χ1n) is 6.92. The Balaban J connectivity index is 1.99. The van der Waals surface area contributed by atoms with Crippen LogP contribution in [0.3, 0.4) is 0 Å². The van der Waals surface area contributed by atoms with Crippen molar-refractivity contribution in [2.45, 2.75) is 45.4 Å². The molecule has 0 saturated carbocycles. The van der Waals surface area contributed by atoms with E-state index in [0.29, 0.717) is 11.0 Å². The maximum Gasteiger partial charge on any atom is 0.293 e. The van der Waals surface area contributed by atoms with E-state index in [-0.39, 0.29) is 11.7 Å². The summed E-state index contributed by atoms with van der Waals surface area (Å²) >= 11 is 1.45. The number of rotatable bonds is 7. The summed E-state index contributed by atoms with van der Waals surface area (Å²) in [5.41, 5.74) is 0. The van der Waals surface area contributed by atoms with Crippen molar-refractivity contribution in [3.63, 3.8) is 0 Å². The molecule has 5 nitrogen and oxygen atoms in total. The Morgan fingerprint density at radius 3 is 2.95 bits per heavy atom. The average molecular weight is 293 g/mol. The van der Waals surface area contributed by atoms with E-state index in [4.69, 9.17) is 4.42 Å². The van der Waals surface area contributed by atoms with Crippen molar-refractivity contribution >= 4 is 22.4 Å². The van der Waals surface area contributed by atoms with Crippen LogP contribution < -0.4 is 5.32 Å². The van der Waals surface area contributed by atoms with Gasteiger partial charge in [-0.2, -0.15) is 0 Å². The quantitative estimate of drug-likeness (QED) is 0.835. The molecule has 0 radical (unpaired) electrons. The van der Waals surface area contributed by atoms with E-state index in [0.717, 1.165) is 17.8 Å². The minimum absolute atomic E-state index is 0.278. The predicted molar refractivity (Wildman–Crippen MR) is 79.1 cm³/mol. The van der Waals surface area contributed by atoms with Crippen LogP contribution in [-0.2, 0) is 0 Å². The summed E-state index contributed by atoms with van der Waals surface area (Å²) in [6.07, 6.45) is 6.00. The first kappa shape index (κ1) is 14.7. The summed E-state index contributed by atoms with van der Waals surface area (Å²) < 4.78 is 5.04. The lowest BCUT2D eigenvalue weighted by molar-refractivity contribution is 0.0996. The maximum atomic E-state index is 11.8. The van der Waals surface area contributed by atoms with Crippen LogP contribution in [0.25, 0.3) is 0 Å². The number of unbranched alkanes of at least 4 members (excludes halogenated alkanes) is 1. The first-order chi connectivity index (χ1) is 9.74. The Bertz CT molecular complexity index is 536. The van der Waals surface area contributed by atoms with E-state index in [1.54, 1.807) is 12.1 Å². The third-order valence-corrected chi connectivity index (χ3v) is 4.16. The zero-order chi connectivity index (χ0) is 14.4. The van der Waals surface area contributed by atoms with Crippen LogP contribution in [0.5, 0.6) is 0 Å². The fraction of sp³-hybridized carbons (Fsp3) is 0.500. The molecule has 20 heavy (non-hydrogen) atoms. The van der Waals surface area contributed by atoms with Gasteiger partial charge in [-0.15, -0.1) is 10.2 Å². The van der Waals surface area contributed by atoms with Crippen LogP contribution in [0, 0.1) is 0 Å². The van der Waals surface area contributed by atoms with Gasteiger partial charge in [-0.25, -0.2) is 0 Å². The SMILES string of the molecule is CCCC[C@@H](CC)c1nnc(NC(=O)c2ccco2)s1. The van der Waals surface area contributed by atoms with Gasteiger partial charge in [0.05, 0.1) is 6.26 Å². The third kappa shape index (κ3) is 3.66. The highest BCUT2D eigenvalue weighted by molar-refractivity contribution is 7.15. The molecule has 2 rings (SSSR count). The van der Waals surface area contributed by atoms with Crippen LogP contribution in [-0.4, -0.2) is 16.1 Å². The lowest BCUT2D eigenvalue weighted by Gasteiger charge is -2.09. The van der Waals surface area contributed by atoms with Gasteiger partial charge in [0.2, 0.25) is 5.13 Å². The van der Waals surface area contributed by atoms with Gasteiger partial charge < -0.3 is 4.42 Å². The first-order valence-corrected chi connectivity index (χ1v) is 7.74. The average Bonchev–Trinajstić information content (AvgIpc) is 3.11.